The summed E-state index contributed by atoms with van der Waals surface area (Å²) in [7, 11) is 0. The number of aromatic nitrogens is 1. The third-order valence-electron chi connectivity index (χ3n) is 4.51. The molecule has 0 atom stereocenters. The van der Waals surface area contributed by atoms with Crippen molar-refractivity contribution in [2.24, 2.45) is 0 Å². The molecule has 0 radical (unpaired) electrons. The summed E-state index contributed by atoms with van der Waals surface area (Å²) >= 11 is 5.80. The number of hydrogen-bond acceptors (Lipinski definition) is 4. The molecule has 25 heavy (non-hydrogen) atoms. The van der Waals surface area contributed by atoms with Gasteiger partial charge in [-0.3, -0.25) is 9.69 Å². The van der Waals surface area contributed by atoms with Gasteiger partial charge in [0.2, 0.25) is 0 Å². The molecule has 5 nitrogen and oxygen atoms in total. The molecular formula is C19H23ClN4O. The summed E-state index contributed by atoms with van der Waals surface area (Å²) in [5.41, 5.74) is 1.77. The van der Waals surface area contributed by atoms with Crippen molar-refractivity contribution >= 4 is 29.0 Å². The average Bonchev–Trinajstić information content (AvgIpc) is 2.64. The number of nitrogens with one attached hydrogen (secondary N) is 1. The van der Waals surface area contributed by atoms with Crippen LogP contribution in [0.3, 0.4) is 0 Å². The lowest BCUT2D eigenvalue weighted by Gasteiger charge is -2.38. The van der Waals surface area contributed by atoms with Gasteiger partial charge in [0.05, 0.1) is 5.02 Å². The minimum Gasteiger partial charge on any atom is -0.369 e. The third kappa shape index (κ3) is 4.50. The minimum absolute atomic E-state index is 0.175. The second-order valence-electron chi connectivity index (χ2n) is 6.48. The Bertz CT molecular complexity index is 707. The number of carbonyl (C=O) groups excluding carboxylic acids is 1. The van der Waals surface area contributed by atoms with E-state index in [0.29, 0.717) is 22.4 Å². The molecule has 132 valence electrons. The zero-order chi connectivity index (χ0) is 17.8. The van der Waals surface area contributed by atoms with Crippen LogP contribution >= 0.6 is 11.6 Å². The predicted molar refractivity (Wildman–Crippen MR) is 103 cm³/mol. The Labute approximate surface area is 153 Å². The second-order valence-corrected chi connectivity index (χ2v) is 6.92. The molecule has 0 unspecified atom stereocenters. The van der Waals surface area contributed by atoms with Gasteiger partial charge in [-0.15, -0.1) is 0 Å². The normalized spacial score (nSPS) is 15.4. The number of halogens is 1. The first-order valence-corrected chi connectivity index (χ1v) is 8.93. The van der Waals surface area contributed by atoms with Crippen LogP contribution in [0, 0.1) is 0 Å². The van der Waals surface area contributed by atoms with Crippen molar-refractivity contribution in [3.8, 4) is 0 Å². The van der Waals surface area contributed by atoms with Gasteiger partial charge < -0.3 is 10.2 Å². The quantitative estimate of drug-likeness (QED) is 0.908. The van der Waals surface area contributed by atoms with E-state index in [4.69, 9.17) is 11.6 Å². The number of benzene rings is 1. The summed E-state index contributed by atoms with van der Waals surface area (Å²) in [6.07, 6.45) is 1.51. The Morgan fingerprint density at radius 3 is 2.32 bits per heavy atom. The van der Waals surface area contributed by atoms with E-state index in [1.807, 2.05) is 24.3 Å². The Morgan fingerprint density at radius 2 is 1.76 bits per heavy atom. The van der Waals surface area contributed by atoms with Gasteiger partial charge in [-0.2, -0.15) is 0 Å². The number of piperazine rings is 1. The van der Waals surface area contributed by atoms with Crippen molar-refractivity contribution in [3.63, 3.8) is 0 Å². The smallest absolute Gasteiger partial charge is 0.256 e. The largest absolute Gasteiger partial charge is 0.369 e. The van der Waals surface area contributed by atoms with E-state index >= 15 is 0 Å². The fourth-order valence-electron chi connectivity index (χ4n) is 2.96. The molecule has 0 spiro atoms. The highest BCUT2D eigenvalue weighted by Crippen LogP contribution is 2.19. The van der Waals surface area contributed by atoms with E-state index in [1.54, 1.807) is 12.1 Å². The zero-order valence-corrected chi connectivity index (χ0v) is 15.3. The number of anilines is 2. The van der Waals surface area contributed by atoms with Gasteiger partial charge >= 0.3 is 0 Å². The van der Waals surface area contributed by atoms with Crippen molar-refractivity contribution in [3.05, 3.63) is 53.2 Å². The van der Waals surface area contributed by atoms with E-state index in [2.05, 4.69) is 33.9 Å². The first kappa shape index (κ1) is 17.7. The van der Waals surface area contributed by atoms with Crippen LogP contribution in [0.4, 0.5) is 11.5 Å². The molecule has 1 aliphatic rings. The summed E-state index contributed by atoms with van der Waals surface area (Å²) in [4.78, 5) is 21.2. The number of rotatable bonds is 4. The Balaban J connectivity index is 1.60. The maximum Gasteiger partial charge on any atom is 0.256 e. The highest BCUT2D eigenvalue weighted by atomic mass is 35.5. The van der Waals surface area contributed by atoms with Gasteiger partial charge in [0.15, 0.2) is 0 Å². The van der Waals surface area contributed by atoms with Crippen LogP contribution in [-0.2, 0) is 0 Å². The molecule has 0 bridgehead atoms. The topological polar surface area (TPSA) is 48.5 Å². The molecule has 6 heteroatoms. The SMILES string of the molecule is CC(C)N1CCN(c2ccc(C(=O)Nc3ccc(Cl)cn3)cc2)CC1. The Hall–Kier alpha value is -2.11. The van der Waals surface area contributed by atoms with Crippen LogP contribution in [-0.4, -0.2) is 48.0 Å². The van der Waals surface area contributed by atoms with Gasteiger partial charge in [-0.05, 0) is 50.2 Å². The first-order chi connectivity index (χ1) is 12.0. The van der Waals surface area contributed by atoms with Crippen LogP contribution < -0.4 is 10.2 Å². The maximum atomic E-state index is 12.3. The van der Waals surface area contributed by atoms with Gasteiger partial charge in [-0.1, -0.05) is 11.6 Å². The number of hydrogen-bond donors (Lipinski definition) is 1. The second kappa shape index (κ2) is 7.85. The molecule has 0 aliphatic carbocycles. The lowest BCUT2D eigenvalue weighted by molar-refractivity contribution is 0.102. The lowest BCUT2D eigenvalue weighted by atomic mass is 10.1. The van der Waals surface area contributed by atoms with E-state index in [0.717, 1.165) is 31.9 Å². The summed E-state index contributed by atoms with van der Waals surface area (Å²) < 4.78 is 0. The molecule has 1 N–H and O–H groups in total. The summed E-state index contributed by atoms with van der Waals surface area (Å²) in [5.74, 6) is 0.314. The van der Waals surface area contributed by atoms with Gasteiger partial charge in [0, 0.05) is 49.7 Å². The number of nitrogens with zero attached hydrogens (tertiary/aromatic N) is 3. The number of carbonyl (C=O) groups is 1. The highest BCUT2D eigenvalue weighted by Gasteiger charge is 2.19. The van der Waals surface area contributed by atoms with Crippen molar-refractivity contribution in [2.45, 2.75) is 19.9 Å². The first-order valence-electron chi connectivity index (χ1n) is 8.55. The fourth-order valence-corrected chi connectivity index (χ4v) is 3.07. The molecular weight excluding hydrogens is 336 g/mol. The lowest BCUT2D eigenvalue weighted by Crippen LogP contribution is -2.48. The fraction of sp³-hybridized carbons (Fsp3) is 0.368. The minimum atomic E-state index is -0.175. The summed E-state index contributed by atoms with van der Waals surface area (Å²) in [6.45, 7) is 8.64. The molecule has 1 fully saturated rings. The van der Waals surface area contributed by atoms with E-state index in [9.17, 15) is 4.79 Å². The molecule has 1 aromatic carbocycles. The van der Waals surface area contributed by atoms with Crippen molar-refractivity contribution in [2.75, 3.05) is 36.4 Å². The number of amides is 1. The molecule has 1 saturated heterocycles. The Kier molecular flexibility index (Phi) is 5.56. The highest BCUT2D eigenvalue weighted by molar-refractivity contribution is 6.30. The molecule has 3 rings (SSSR count). The van der Waals surface area contributed by atoms with Crippen molar-refractivity contribution in [1.29, 1.82) is 0 Å². The van der Waals surface area contributed by atoms with Crippen molar-refractivity contribution < 1.29 is 4.79 Å². The zero-order valence-electron chi connectivity index (χ0n) is 14.6. The predicted octanol–water partition coefficient (Wildman–Crippen LogP) is 3.52. The van der Waals surface area contributed by atoms with Gasteiger partial charge in [0.1, 0.15) is 5.82 Å². The molecule has 2 aromatic rings. The average molecular weight is 359 g/mol. The van der Waals surface area contributed by atoms with Gasteiger partial charge in [0.25, 0.3) is 5.91 Å². The van der Waals surface area contributed by atoms with Gasteiger partial charge in [-0.25, -0.2) is 4.98 Å². The van der Waals surface area contributed by atoms with Crippen LogP contribution in [0.2, 0.25) is 5.02 Å². The van der Waals surface area contributed by atoms with Crippen LogP contribution in [0.5, 0.6) is 0 Å². The molecule has 1 amide bonds. The number of pyridine rings is 1. The Morgan fingerprint density at radius 1 is 1.08 bits per heavy atom. The molecule has 2 heterocycles. The van der Waals surface area contributed by atoms with Crippen LogP contribution in [0.25, 0.3) is 0 Å². The van der Waals surface area contributed by atoms with Crippen LogP contribution in [0.15, 0.2) is 42.6 Å². The van der Waals surface area contributed by atoms with E-state index < -0.39 is 0 Å². The van der Waals surface area contributed by atoms with E-state index in [1.165, 1.54) is 6.20 Å². The summed E-state index contributed by atoms with van der Waals surface area (Å²) in [5, 5.41) is 3.32. The standard InChI is InChI=1S/C19H23ClN4O/c1-14(2)23-9-11-24(12-10-23)17-6-3-15(4-7-17)19(25)22-18-8-5-16(20)13-21-18/h3-8,13-14H,9-12H2,1-2H3,(H,21,22,25). The summed E-state index contributed by atoms with van der Waals surface area (Å²) in [6, 6.07) is 11.7. The maximum absolute atomic E-state index is 12.3. The molecule has 1 aromatic heterocycles. The van der Waals surface area contributed by atoms with Crippen LogP contribution in [0.1, 0.15) is 24.2 Å². The third-order valence-corrected chi connectivity index (χ3v) is 4.73. The monoisotopic (exact) mass is 358 g/mol. The molecule has 0 saturated carbocycles. The van der Waals surface area contributed by atoms with Crippen molar-refractivity contribution in [1.82, 2.24) is 9.88 Å². The van der Waals surface area contributed by atoms with E-state index in [-0.39, 0.29) is 5.91 Å². The molecule has 1 aliphatic heterocycles.